The first-order chi connectivity index (χ1) is 33.0. The number of nitrogen functional groups attached to an aromatic ring is 1. The Labute approximate surface area is 398 Å². The number of amides is 2. The molecular weight excluding hydrogens is 867 g/mol. The van der Waals surface area contributed by atoms with Crippen molar-refractivity contribution in [1.29, 1.82) is 0 Å². The van der Waals surface area contributed by atoms with Gasteiger partial charge >= 0.3 is 5.97 Å². The molecule has 18 nitrogen and oxygen atoms in total. The van der Waals surface area contributed by atoms with Gasteiger partial charge in [0.15, 0.2) is 12.6 Å². The Kier molecular flexibility index (Phi) is 15.9. The van der Waals surface area contributed by atoms with E-state index in [1.165, 1.54) is 0 Å². The molecule has 4 atom stereocenters. The average Bonchev–Trinajstić information content (AvgIpc) is 3.59. The van der Waals surface area contributed by atoms with Crippen LogP contribution in [0.4, 0.5) is 22.9 Å². The summed E-state index contributed by atoms with van der Waals surface area (Å²) in [5.41, 5.74) is 10.0. The number of hydrogen-bond donors (Lipinski definition) is 5. The highest BCUT2D eigenvalue weighted by molar-refractivity contribution is 6.06. The largest absolute Gasteiger partial charge is 0.488 e. The molecule has 4 fully saturated rings. The fourth-order valence-electron chi connectivity index (χ4n) is 9.89. The number of carbonyl (C=O) groups excluding carboxylic acids is 3. The number of ether oxygens (including phenoxy) is 3. The van der Waals surface area contributed by atoms with E-state index in [4.69, 9.17) is 19.9 Å². The van der Waals surface area contributed by atoms with E-state index in [1.807, 2.05) is 62.8 Å². The summed E-state index contributed by atoms with van der Waals surface area (Å²) in [7, 11) is 3.96. The highest BCUT2D eigenvalue weighted by Crippen LogP contribution is 2.43. The normalized spacial score (nSPS) is 20.3. The second kappa shape index (κ2) is 22.4. The number of fused-ring (bicyclic) bond motifs is 2. The molecule has 3 aliphatic heterocycles. The number of nitrogens with zero attached hydrogens (tertiary/aromatic N) is 7. The van der Waals surface area contributed by atoms with Crippen LogP contribution < -0.4 is 41.0 Å². The number of rotatable bonds is 21. The van der Waals surface area contributed by atoms with Crippen molar-refractivity contribution in [1.82, 2.24) is 35.6 Å². The molecule has 2 bridgehead atoms. The summed E-state index contributed by atoms with van der Waals surface area (Å²) in [6.07, 6.45) is 7.17. The number of aliphatic hydroxyl groups excluding tert-OH is 1. The van der Waals surface area contributed by atoms with Crippen molar-refractivity contribution in [3.05, 3.63) is 78.5 Å². The minimum atomic E-state index is -1.39. The number of unbranched alkanes of at least 4 members (excludes halogenated alkanes) is 1. The van der Waals surface area contributed by atoms with Gasteiger partial charge in [0.1, 0.15) is 30.4 Å². The van der Waals surface area contributed by atoms with Crippen LogP contribution in [0, 0.1) is 5.41 Å². The Balaban J connectivity index is 0.878. The molecule has 3 saturated heterocycles. The van der Waals surface area contributed by atoms with Crippen LogP contribution in [0.1, 0.15) is 63.9 Å². The van der Waals surface area contributed by atoms with Gasteiger partial charge < -0.3 is 55.7 Å². The number of para-hydroxylation sites is 1. The molecule has 68 heavy (non-hydrogen) atoms. The van der Waals surface area contributed by atoms with E-state index in [0.717, 1.165) is 87.6 Å². The fourth-order valence-corrected chi connectivity index (χ4v) is 9.89. The van der Waals surface area contributed by atoms with Gasteiger partial charge in [-0.1, -0.05) is 30.7 Å². The Bertz CT molecular complexity index is 2330. The molecule has 1 aliphatic carbocycles. The second-order valence-electron chi connectivity index (χ2n) is 18.8. The van der Waals surface area contributed by atoms with E-state index >= 15 is 0 Å². The maximum absolute atomic E-state index is 13.7. The third-order valence-corrected chi connectivity index (χ3v) is 13.9. The molecule has 4 aromatic rings. The van der Waals surface area contributed by atoms with Gasteiger partial charge in [-0.15, -0.1) is 10.2 Å². The summed E-state index contributed by atoms with van der Waals surface area (Å²) in [4.78, 5) is 53.7. The third kappa shape index (κ3) is 11.4. The second-order valence-corrected chi connectivity index (χ2v) is 18.8. The van der Waals surface area contributed by atoms with Crippen LogP contribution in [0.3, 0.4) is 0 Å². The SMILES string of the molecule is C[C@@H]1CNCCN1CCOc1cc(N2C3CCC2CN(c2cc(-c4ccccc4OCc4ccc(NC(=O)[C@H](CCCCN(C)C)NC(=O)C5(C(=O)OCO)CCC5)cc4)nnc2N)C3)ccn1. The van der Waals surface area contributed by atoms with E-state index in [9.17, 15) is 19.5 Å². The number of esters is 1. The standard InChI is InChI=1S/C50H67N11O7/c1-34-29-52-22-24-59(34)25-26-66-45-27-37(18-21-53-45)61-38-16-17-39(61)31-60(30-38)43-28-42(56-57-46(43)51)40-9-4-5-11-44(40)67-32-35-12-14-36(15-13-35)54-47(63)41(10-6-7-23-58(2)3)55-48(64)50(19-8-20-50)49(65)68-33-62/h4-5,9,11-15,18,21,27-28,34,38-39,41,52,62H,6-8,10,16-17,19-20,22-26,29-33H2,1-3H3,(H2,51,57)(H,54,63)(H,55,64)/t34-,38?,39?,41+/m1/s1. The van der Waals surface area contributed by atoms with Crippen molar-refractivity contribution in [3.8, 4) is 22.9 Å². The maximum atomic E-state index is 13.7. The maximum Gasteiger partial charge on any atom is 0.323 e. The lowest BCUT2D eigenvalue weighted by molar-refractivity contribution is -0.174. The number of hydrogen-bond acceptors (Lipinski definition) is 16. The third-order valence-electron chi connectivity index (χ3n) is 13.9. The monoisotopic (exact) mass is 934 g/mol. The van der Waals surface area contributed by atoms with E-state index in [0.29, 0.717) is 73.6 Å². The van der Waals surface area contributed by atoms with Crippen LogP contribution in [0.5, 0.6) is 11.6 Å². The van der Waals surface area contributed by atoms with Crippen molar-refractivity contribution in [3.63, 3.8) is 0 Å². The number of benzene rings is 2. The molecule has 6 N–H and O–H groups in total. The van der Waals surface area contributed by atoms with Crippen molar-refractivity contribution in [2.45, 2.75) is 89.1 Å². The quantitative estimate of drug-likeness (QED) is 0.0345. The summed E-state index contributed by atoms with van der Waals surface area (Å²) in [6.45, 7) is 8.59. The Morgan fingerprint density at radius 2 is 1.78 bits per heavy atom. The van der Waals surface area contributed by atoms with Gasteiger partial charge in [0.05, 0.1) is 11.4 Å². The van der Waals surface area contributed by atoms with E-state index in [1.54, 1.807) is 12.1 Å². The van der Waals surface area contributed by atoms with Crippen LogP contribution in [0.25, 0.3) is 11.3 Å². The van der Waals surface area contributed by atoms with E-state index < -0.39 is 30.1 Å². The number of nitrogens with one attached hydrogen (secondary N) is 3. The summed E-state index contributed by atoms with van der Waals surface area (Å²) >= 11 is 0. The molecule has 18 heteroatoms. The Morgan fingerprint density at radius 3 is 2.50 bits per heavy atom. The lowest BCUT2D eigenvalue weighted by atomic mass is 9.68. The van der Waals surface area contributed by atoms with Crippen LogP contribution in [-0.4, -0.2) is 145 Å². The zero-order chi connectivity index (χ0) is 47.6. The molecule has 2 amide bonds. The molecule has 4 aliphatic rings. The molecule has 2 unspecified atom stereocenters. The first kappa shape index (κ1) is 48.4. The smallest absolute Gasteiger partial charge is 0.323 e. The highest BCUT2D eigenvalue weighted by Gasteiger charge is 2.53. The Hall–Kier alpha value is -6.08. The number of pyridine rings is 1. The lowest BCUT2D eigenvalue weighted by Gasteiger charge is -2.43. The summed E-state index contributed by atoms with van der Waals surface area (Å²) in [6, 6.07) is 21.4. The first-order valence-corrected chi connectivity index (χ1v) is 24.1. The predicted molar refractivity (Wildman–Crippen MR) is 260 cm³/mol. The summed E-state index contributed by atoms with van der Waals surface area (Å²) in [5.74, 6) is -0.0345. The molecule has 0 radical (unpaired) electrons. The van der Waals surface area contributed by atoms with E-state index in [2.05, 4.69) is 69.8 Å². The van der Waals surface area contributed by atoms with Crippen LogP contribution >= 0.6 is 0 Å². The average molecular weight is 934 g/mol. The minimum Gasteiger partial charge on any atom is -0.488 e. The summed E-state index contributed by atoms with van der Waals surface area (Å²) in [5, 5.41) is 27.4. The summed E-state index contributed by atoms with van der Waals surface area (Å²) < 4.78 is 17.4. The molecule has 8 rings (SSSR count). The van der Waals surface area contributed by atoms with Gasteiger partial charge in [0.2, 0.25) is 17.7 Å². The topological polar surface area (TPSA) is 213 Å². The molecule has 1 saturated carbocycles. The molecule has 5 heterocycles. The molecular formula is C50H67N11O7. The lowest BCUT2D eigenvalue weighted by Crippen LogP contribution is -2.56. The van der Waals surface area contributed by atoms with Crippen molar-refractivity contribution >= 4 is 40.7 Å². The van der Waals surface area contributed by atoms with Gasteiger partial charge in [-0.25, -0.2) is 4.98 Å². The number of anilines is 4. The van der Waals surface area contributed by atoms with Crippen molar-refractivity contribution < 1.29 is 33.7 Å². The zero-order valence-corrected chi connectivity index (χ0v) is 39.6. The zero-order valence-electron chi connectivity index (χ0n) is 39.6. The Morgan fingerprint density at radius 1 is 1.00 bits per heavy atom. The highest BCUT2D eigenvalue weighted by atomic mass is 16.6. The van der Waals surface area contributed by atoms with Gasteiger partial charge in [-0.2, -0.15) is 0 Å². The van der Waals surface area contributed by atoms with Gasteiger partial charge in [0.25, 0.3) is 0 Å². The van der Waals surface area contributed by atoms with Crippen LogP contribution in [0.15, 0.2) is 72.9 Å². The molecule has 2 aromatic heterocycles. The molecule has 364 valence electrons. The van der Waals surface area contributed by atoms with Crippen LogP contribution in [-0.2, 0) is 25.7 Å². The van der Waals surface area contributed by atoms with E-state index in [-0.39, 0.29) is 24.6 Å². The number of carbonyl (C=O) groups is 3. The fraction of sp³-hybridized carbons (Fsp3) is 0.520. The number of nitrogens with two attached hydrogens (primary N) is 1. The van der Waals surface area contributed by atoms with Gasteiger partial charge in [0, 0.05) is 86.6 Å². The van der Waals surface area contributed by atoms with Crippen molar-refractivity contribution in [2.24, 2.45) is 5.41 Å². The molecule has 0 spiro atoms. The van der Waals surface area contributed by atoms with Gasteiger partial charge in [-0.05, 0) is 114 Å². The number of aliphatic hydroxyl groups is 1. The minimum absolute atomic E-state index is 0.250. The number of aromatic nitrogens is 3. The molecule has 2 aromatic carbocycles. The first-order valence-electron chi connectivity index (χ1n) is 24.1. The van der Waals surface area contributed by atoms with Gasteiger partial charge in [-0.3, -0.25) is 19.3 Å². The van der Waals surface area contributed by atoms with Crippen LogP contribution in [0.2, 0.25) is 0 Å². The van der Waals surface area contributed by atoms with Crippen molar-refractivity contribution in [2.75, 3.05) is 94.2 Å². The predicted octanol–water partition coefficient (Wildman–Crippen LogP) is 4.05. The number of piperazine rings is 2.